The summed E-state index contributed by atoms with van der Waals surface area (Å²) in [6.07, 6.45) is -0.286. The molecule has 6 atom stereocenters. The zero-order valence-electron chi connectivity index (χ0n) is 18.2. The molecule has 1 saturated carbocycles. The number of hydrogen-bond acceptors (Lipinski definition) is 8. The SMILES string of the molecule is N#Cc1c(Cl)nc2c(ccn2[C@@H]2O[C@H](COCP(=O)(O)O)[C@@H](O)[C@H]2O)c1N1CC2CCCC2C1. The molecule has 3 fully saturated rings. The predicted molar refractivity (Wildman–Crippen MR) is 121 cm³/mol. The molecule has 5 rings (SSSR count). The highest BCUT2D eigenvalue weighted by molar-refractivity contribution is 7.51. The van der Waals surface area contributed by atoms with Gasteiger partial charge in [-0.1, -0.05) is 18.0 Å². The Labute approximate surface area is 200 Å². The number of ether oxygens (including phenoxy) is 2. The quantitative estimate of drug-likeness (QED) is 0.330. The molecule has 0 aromatic carbocycles. The summed E-state index contributed by atoms with van der Waals surface area (Å²) in [6, 6.07) is 3.98. The van der Waals surface area contributed by atoms with Crippen LogP contribution in [0.2, 0.25) is 5.15 Å². The molecular formula is C21H26ClN4O7P. The number of rotatable bonds is 6. The number of halogens is 1. The standard InChI is InChI=1S/C21H26ClN4O7P/c22-19-14(6-23)16(25-7-11-2-1-3-12(11)8-25)13-4-5-26(20(13)24-19)21-18(28)17(27)15(33-21)9-32-10-34(29,30)31/h4-5,11-12,15,17-18,21,27-28H,1-3,7-10H2,(H2,29,30,31)/t11?,12?,15-,17-,18-,21-/m1/s1. The lowest BCUT2D eigenvalue weighted by molar-refractivity contribution is -0.0610. The van der Waals surface area contributed by atoms with Crippen LogP contribution in [0.25, 0.3) is 11.0 Å². The maximum absolute atomic E-state index is 11.0. The van der Waals surface area contributed by atoms with Gasteiger partial charge in [0.15, 0.2) is 11.4 Å². The molecule has 0 radical (unpaired) electrons. The van der Waals surface area contributed by atoms with E-state index in [2.05, 4.69) is 16.0 Å². The number of hydrogen-bond donors (Lipinski definition) is 4. The Kier molecular flexibility index (Phi) is 6.38. The Hall–Kier alpha value is -1.74. The van der Waals surface area contributed by atoms with Crippen molar-refractivity contribution in [2.24, 2.45) is 11.8 Å². The van der Waals surface area contributed by atoms with Crippen molar-refractivity contribution in [2.75, 3.05) is 30.9 Å². The average Bonchev–Trinajstić information content (AvgIpc) is 3.52. The lowest BCUT2D eigenvalue weighted by Crippen LogP contribution is -2.33. The van der Waals surface area contributed by atoms with Crippen LogP contribution in [0.15, 0.2) is 12.3 Å². The average molecular weight is 513 g/mol. The van der Waals surface area contributed by atoms with Gasteiger partial charge in [0.2, 0.25) is 0 Å². The van der Waals surface area contributed by atoms with Gasteiger partial charge in [0.05, 0.1) is 12.3 Å². The molecule has 3 aliphatic rings. The highest BCUT2D eigenvalue weighted by Gasteiger charge is 2.45. The van der Waals surface area contributed by atoms with E-state index in [1.165, 1.54) is 19.3 Å². The molecule has 2 aromatic heterocycles. The molecule has 0 spiro atoms. The monoisotopic (exact) mass is 512 g/mol. The van der Waals surface area contributed by atoms with Gasteiger partial charge in [-0.2, -0.15) is 5.26 Å². The Morgan fingerprint density at radius 3 is 2.62 bits per heavy atom. The minimum atomic E-state index is -4.37. The first-order chi connectivity index (χ1) is 16.2. The summed E-state index contributed by atoms with van der Waals surface area (Å²) in [5.41, 5.74) is 1.44. The van der Waals surface area contributed by atoms with Crippen molar-refractivity contribution in [3.63, 3.8) is 0 Å². The molecule has 2 aromatic rings. The molecule has 0 amide bonds. The Morgan fingerprint density at radius 1 is 1.26 bits per heavy atom. The fourth-order valence-corrected chi connectivity index (χ4v) is 6.11. The highest BCUT2D eigenvalue weighted by Crippen LogP contribution is 2.44. The summed E-state index contributed by atoms with van der Waals surface area (Å²) in [6.45, 7) is 1.38. The first-order valence-corrected chi connectivity index (χ1v) is 13.3. The second-order valence-electron chi connectivity index (χ2n) is 9.27. The van der Waals surface area contributed by atoms with Gasteiger partial charge in [0.25, 0.3) is 0 Å². The molecule has 1 aliphatic carbocycles. The third-order valence-corrected chi connectivity index (χ3v) is 7.89. The largest absolute Gasteiger partial charge is 0.387 e. The van der Waals surface area contributed by atoms with E-state index in [4.69, 9.17) is 30.9 Å². The van der Waals surface area contributed by atoms with E-state index in [0.29, 0.717) is 28.4 Å². The van der Waals surface area contributed by atoms with Crippen LogP contribution in [0.4, 0.5) is 5.69 Å². The minimum Gasteiger partial charge on any atom is -0.387 e. The van der Waals surface area contributed by atoms with Crippen LogP contribution in [-0.4, -0.2) is 73.9 Å². The normalized spacial score (nSPS) is 31.4. The fraction of sp³-hybridized carbons (Fsp3) is 0.619. The van der Waals surface area contributed by atoms with Crippen molar-refractivity contribution < 1.29 is 34.0 Å². The highest BCUT2D eigenvalue weighted by atomic mass is 35.5. The van der Waals surface area contributed by atoms with Crippen molar-refractivity contribution in [2.45, 2.75) is 43.8 Å². The van der Waals surface area contributed by atoms with Crippen LogP contribution in [0, 0.1) is 23.2 Å². The van der Waals surface area contributed by atoms with E-state index >= 15 is 0 Å². The summed E-state index contributed by atoms with van der Waals surface area (Å²) in [4.78, 5) is 24.5. The summed E-state index contributed by atoms with van der Waals surface area (Å²) in [7, 11) is -4.37. The van der Waals surface area contributed by atoms with Crippen molar-refractivity contribution >= 4 is 35.9 Å². The Bertz CT molecular complexity index is 1170. The van der Waals surface area contributed by atoms with Crippen LogP contribution in [0.1, 0.15) is 31.1 Å². The van der Waals surface area contributed by atoms with E-state index < -0.39 is 38.5 Å². The number of nitrogens with zero attached hydrogens (tertiary/aromatic N) is 4. The Balaban J connectivity index is 1.45. The van der Waals surface area contributed by atoms with Crippen molar-refractivity contribution in [3.05, 3.63) is 23.0 Å². The number of fused-ring (bicyclic) bond motifs is 2. The van der Waals surface area contributed by atoms with E-state index in [1.54, 1.807) is 16.8 Å². The maximum atomic E-state index is 11.0. The molecule has 2 saturated heterocycles. The molecule has 11 nitrogen and oxygen atoms in total. The third kappa shape index (κ3) is 4.23. The van der Waals surface area contributed by atoms with Gasteiger partial charge in [0, 0.05) is 24.7 Å². The zero-order valence-corrected chi connectivity index (χ0v) is 19.8. The summed E-state index contributed by atoms with van der Waals surface area (Å²) in [5.74, 6) is 1.19. The molecule has 13 heteroatoms. The molecule has 4 N–H and O–H groups in total. The first kappa shape index (κ1) is 24.0. The lowest BCUT2D eigenvalue weighted by Gasteiger charge is -2.23. The van der Waals surface area contributed by atoms with Crippen LogP contribution >= 0.6 is 19.2 Å². The smallest absolute Gasteiger partial charge is 0.350 e. The predicted octanol–water partition coefficient (Wildman–Crippen LogP) is 1.57. The van der Waals surface area contributed by atoms with Crippen molar-refractivity contribution in [1.29, 1.82) is 5.26 Å². The van der Waals surface area contributed by atoms with E-state index in [-0.39, 0.29) is 11.8 Å². The summed E-state index contributed by atoms with van der Waals surface area (Å²) >= 11 is 6.43. The number of anilines is 1. The summed E-state index contributed by atoms with van der Waals surface area (Å²) < 4.78 is 23.3. The second-order valence-corrected chi connectivity index (χ2v) is 11.2. The number of nitriles is 1. The van der Waals surface area contributed by atoms with E-state index in [0.717, 1.165) is 18.8 Å². The maximum Gasteiger partial charge on any atom is 0.350 e. The second kappa shape index (κ2) is 9.04. The van der Waals surface area contributed by atoms with Gasteiger partial charge in [-0.25, -0.2) is 4.98 Å². The van der Waals surface area contributed by atoms with Crippen LogP contribution in [0.3, 0.4) is 0 Å². The lowest BCUT2D eigenvalue weighted by atomic mass is 10.0. The number of aromatic nitrogens is 2. The van der Waals surface area contributed by atoms with Gasteiger partial charge in [-0.15, -0.1) is 0 Å². The molecule has 4 heterocycles. The van der Waals surface area contributed by atoms with Crippen molar-refractivity contribution in [1.82, 2.24) is 9.55 Å². The molecule has 2 unspecified atom stereocenters. The van der Waals surface area contributed by atoms with E-state index in [1.807, 2.05) is 0 Å². The van der Waals surface area contributed by atoms with Gasteiger partial charge in [0.1, 0.15) is 41.9 Å². The van der Waals surface area contributed by atoms with Gasteiger partial charge in [-0.05, 0) is 30.7 Å². The van der Waals surface area contributed by atoms with Crippen molar-refractivity contribution in [3.8, 4) is 6.07 Å². The van der Waals surface area contributed by atoms with Crippen LogP contribution in [-0.2, 0) is 14.0 Å². The number of aliphatic hydroxyl groups excluding tert-OH is 2. The first-order valence-electron chi connectivity index (χ1n) is 11.2. The molecular weight excluding hydrogens is 487 g/mol. The Morgan fingerprint density at radius 2 is 1.97 bits per heavy atom. The summed E-state index contributed by atoms with van der Waals surface area (Å²) in [5, 5.41) is 31.6. The fourth-order valence-electron chi connectivity index (χ4n) is 5.56. The van der Waals surface area contributed by atoms with Gasteiger partial charge >= 0.3 is 7.60 Å². The molecule has 2 aliphatic heterocycles. The topological polar surface area (TPSA) is 161 Å². The molecule has 0 bridgehead atoms. The van der Waals surface area contributed by atoms with Gasteiger partial charge < -0.3 is 38.9 Å². The number of pyridine rings is 1. The van der Waals surface area contributed by atoms with Gasteiger partial charge in [-0.3, -0.25) is 4.57 Å². The van der Waals surface area contributed by atoms with E-state index in [9.17, 15) is 20.0 Å². The minimum absolute atomic E-state index is 0.0524. The third-order valence-electron chi connectivity index (χ3n) is 7.10. The zero-order chi connectivity index (χ0) is 24.2. The number of aliphatic hydroxyl groups is 2. The van der Waals surface area contributed by atoms with Crippen LogP contribution < -0.4 is 4.90 Å². The van der Waals surface area contributed by atoms with Crippen LogP contribution in [0.5, 0.6) is 0 Å². The molecule has 34 heavy (non-hydrogen) atoms. The molecule has 184 valence electrons.